The summed E-state index contributed by atoms with van der Waals surface area (Å²) in [6.45, 7) is 17.1. The molecule has 2 rings (SSSR count). The highest BCUT2D eigenvalue weighted by atomic mass is 35.5. The summed E-state index contributed by atoms with van der Waals surface area (Å²) >= 11 is 5.99. The van der Waals surface area contributed by atoms with Gasteiger partial charge >= 0.3 is 5.97 Å². The maximum Gasteiger partial charge on any atom is 0.343 e. The van der Waals surface area contributed by atoms with Crippen LogP contribution < -0.4 is 14.8 Å². The fourth-order valence-corrected chi connectivity index (χ4v) is 5.10. The molecule has 0 heterocycles. The van der Waals surface area contributed by atoms with Crippen LogP contribution in [0.3, 0.4) is 0 Å². The highest BCUT2D eigenvalue weighted by Crippen LogP contribution is 2.37. The SMILES string of the molecule is CCOC(=O)/C(=C/N[C@H](CO[Si](C)(C)C(C)(C)C)C(C)C)C(=O)c1cc(Cc2cccc(Cl)c2F)c(OC)cc1OC. The molecular formula is C32H45ClFNO6Si. The van der Waals surface area contributed by atoms with Gasteiger partial charge in [-0.15, -0.1) is 0 Å². The van der Waals surface area contributed by atoms with Crippen molar-refractivity contribution in [2.45, 2.75) is 72.1 Å². The summed E-state index contributed by atoms with van der Waals surface area (Å²) in [6, 6.07) is 7.65. The Morgan fingerprint density at radius 2 is 1.71 bits per heavy atom. The summed E-state index contributed by atoms with van der Waals surface area (Å²) in [7, 11) is 0.861. The number of benzene rings is 2. The molecule has 0 aliphatic heterocycles. The van der Waals surface area contributed by atoms with Crippen molar-refractivity contribution in [3.05, 3.63) is 69.6 Å². The van der Waals surface area contributed by atoms with E-state index in [-0.39, 0.29) is 51.9 Å². The number of ether oxygens (including phenoxy) is 3. The van der Waals surface area contributed by atoms with Gasteiger partial charge in [-0.3, -0.25) is 4.79 Å². The number of carbonyl (C=O) groups excluding carboxylic acids is 2. The van der Waals surface area contributed by atoms with Crippen molar-refractivity contribution in [1.29, 1.82) is 0 Å². The molecule has 0 aliphatic rings. The molecule has 10 heteroatoms. The zero-order chi connectivity index (χ0) is 31.8. The Labute approximate surface area is 255 Å². The Bertz CT molecular complexity index is 1290. The van der Waals surface area contributed by atoms with Gasteiger partial charge in [-0.1, -0.05) is 58.4 Å². The quantitative estimate of drug-likeness (QED) is 0.0589. The fourth-order valence-electron chi connectivity index (χ4n) is 3.88. The first-order valence-corrected chi connectivity index (χ1v) is 17.4. The lowest BCUT2D eigenvalue weighted by atomic mass is 9.96. The Morgan fingerprint density at radius 3 is 2.26 bits per heavy atom. The molecule has 0 bridgehead atoms. The molecule has 0 amide bonds. The third kappa shape index (κ3) is 8.81. The van der Waals surface area contributed by atoms with E-state index >= 15 is 0 Å². The molecule has 1 N–H and O–H groups in total. The number of ketones is 1. The molecule has 0 saturated heterocycles. The largest absolute Gasteiger partial charge is 0.496 e. The number of Topliss-reactive ketones (excluding diaryl/α,β-unsaturated/α-hetero) is 1. The van der Waals surface area contributed by atoms with E-state index < -0.39 is 25.9 Å². The topological polar surface area (TPSA) is 83.1 Å². The van der Waals surface area contributed by atoms with Crippen LogP contribution in [-0.4, -0.2) is 53.5 Å². The molecule has 0 aliphatic carbocycles. The summed E-state index contributed by atoms with van der Waals surface area (Å²) in [4.78, 5) is 27.0. The second-order valence-corrected chi connectivity index (χ2v) is 17.2. The van der Waals surface area contributed by atoms with Crippen molar-refractivity contribution in [2.75, 3.05) is 27.4 Å². The zero-order valence-electron chi connectivity index (χ0n) is 26.4. The summed E-state index contributed by atoms with van der Waals surface area (Å²) < 4.78 is 37.4. The van der Waals surface area contributed by atoms with Crippen molar-refractivity contribution in [3.8, 4) is 11.5 Å². The van der Waals surface area contributed by atoms with Crippen LogP contribution in [0.1, 0.15) is 63.0 Å². The number of methoxy groups -OCH3 is 2. The first-order chi connectivity index (χ1) is 19.6. The summed E-state index contributed by atoms with van der Waals surface area (Å²) in [5.41, 5.74) is 0.754. The van der Waals surface area contributed by atoms with Gasteiger partial charge in [0.1, 0.15) is 22.9 Å². The van der Waals surface area contributed by atoms with E-state index in [0.717, 1.165) is 0 Å². The number of carbonyl (C=O) groups is 2. The van der Waals surface area contributed by atoms with Gasteiger partial charge in [-0.2, -0.15) is 0 Å². The van der Waals surface area contributed by atoms with E-state index in [0.29, 0.717) is 23.5 Å². The highest BCUT2D eigenvalue weighted by Gasteiger charge is 2.38. The minimum absolute atomic E-state index is 0.00729. The Kier molecular flexibility index (Phi) is 12.6. The minimum Gasteiger partial charge on any atom is -0.496 e. The first kappa shape index (κ1) is 35.3. The van der Waals surface area contributed by atoms with Crippen LogP contribution in [0.4, 0.5) is 4.39 Å². The van der Waals surface area contributed by atoms with Crippen molar-refractivity contribution >= 4 is 31.7 Å². The summed E-state index contributed by atoms with van der Waals surface area (Å²) in [5.74, 6) is -1.21. The van der Waals surface area contributed by atoms with Crippen molar-refractivity contribution in [1.82, 2.24) is 5.32 Å². The Balaban J connectivity index is 2.53. The predicted molar refractivity (Wildman–Crippen MR) is 168 cm³/mol. The molecule has 1 atom stereocenters. The molecule has 2 aromatic rings. The lowest BCUT2D eigenvalue weighted by Gasteiger charge is -2.38. The standard InChI is InChI=1S/C32H45ClFNO6Si/c1-11-40-31(37)24(18-35-26(20(2)3)19-41-42(9,10)32(4,5)6)30(36)23-16-22(27(38-7)17-28(23)39-8)15-21-13-12-14-25(33)29(21)34/h12-14,16-18,20,26,35H,11,15,19H2,1-10H3/b24-18+/t26-/m1/s1. The van der Waals surface area contributed by atoms with Crippen molar-refractivity contribution in [2.24, 2.45) is 5.92 Å². The van der Waals surface area contributed by atoms with Gasteiger partial charge in [-0.05, 0) is 54.2 Å². The number of esters is 1. The normalized spacial score (nSPS) is 13.1. The molecule has 0 saturated carbocycles. The molecule has 0 spiro atoms. The van der Waals surface area contributed by atoms with Crippen LogP contribution in [0.5, 0.6) is 11.5 Å². The average Bonchev–Trinajstić information content (AvgIpc) is 2.91. The number of nitrogens with one attached hydrogen (secondary N) is 1. The zero-order valence-corrected chi connectivity index (χ0v) is 28.2. The summed E-state index contributed by atoms with van der Waals surface area (Å²) in [5, 5.41) is 3.27. The van der Waals surface area contributed by atoms with Crippen LogP contribution in [0.25, 0.3) is 0 Å². The molecule has 0 aromatic heterocycles. The van der Waals surface area contributed by atoms with E-state index in [1.54, 1.807) is 31.2 Å². The minimum atomic E-state index is -2.03. The lowest BCUT2D eigenvalue weighted by molar-refractivity contribution is -0.138. The summed E-state index contributed by atoms with van der Waals surface area (Å²) in [6.07, 6.45) is 1.50. The molecule has 7 nitrogen and oxygen atoms in total. The van der Waals surface area contributed by atoms with Crippen LogP contribution in [-0.2, 0) is 20.4 Å². The third-order valence-electron chi connectivity index (χ3n) is 7.68. The van der Waals surface area contributed by atoms with Gasteiger partial charge in [0.2, 0.25) is 5.78 Å². The molecule has 0 unspecified atom stereocenters. The number of hydrogen-bond acceptors (Lipinski definition) is 7. The average molecular weight is 622 g/mol. The van der Waals surface area contributed by atoms with E-state index in [2.05, 4.69) is 39.2 Å². The second kappa shape index (κ2) is 15.0. The lowest BCUT2D eigenvalue weighted by Crippen LogP contribution is -2.46. The molecule has 232 valence electrons. The monoisotopic (exact) mass is 621 g/mol. The second-order valence-electron chi connectivity index (χ2n) is 12.0. The van der Waals surface area contributed by atoms with Crippen LogP contribution >= 0.6 is 11.6 Å². The van der Waals surface area contributed by atoms with Crippen LogP contribution in [0.2, 0.25) is 23.2 Å². The fraction of sp³-hybridized carbons (Fsp3) is 0.500. The molecular weight excluding hydrogens is 577 g/mol. The highest BCUT2D eigenvalue weighted by molar-refractivity contribution is 6.74. The number of rotatable bonds is 14. The van der Waals surface area contributed by atoms with Gasteiger partial charge in [0.25, 0.3) is 0 Å². The van der Waals surface area contributed by atoms with Crippen molar-refractivity contribution < 1.29 is 32.6 Å². The maximum atomic E-state index is 14.7. The Hall–Kier alpha value is -2.88. The van der Waals surface area contributed by atoms with Crippen molar-refractivity contribution in [3.63, 3.8) is 0 Å². The molecule has 2 aromatic carbocycles. The number of halogens is 2. The van der Waals surface area contributed by atoms with Gasteiger partial charge in [-0.25, -0.2) is 9.18 Å². The third-order valence-corrected chi connectivity index (χ3v) is 12.5. The molecule has 42 heavy (non-hydrogen) atoms. The van der Waals surface area contributed by atoms with Gasteiger partial charge in [0, 0.05) is 24.7 Å². The van der Waals surface area contributed by atoms with E-state index in [4.69, 9.17) is 30.2 Å². The number of hydrogen-bond donors (Lipinski definition) is 1. The van der Waals surface area contributed by atoms with Crippen LogP contribution in [0, 0.1) is 11.7 Å². The first-order valence-electron chi connectivity index (χ1n) is 14.1. The smallest absolute Gasteiger partial charge is 0.343 e. The van der Waals surface area contributed by atoms with Gasteiger partial charge < -0.3 is 24.0 Å². The van der Waals surface area contributed by atoms with E-state index in [1.807, 2.05) is 13.8 Å². The predicted octanol–water partition coefficient (Wildman–Crippen LogP) is 7.35. The van der Waals surface area contributed by atoms with Gasteiger partial charge in [0.15, 0.2) is 8.32 Å². The van der Waals surface area contributed by atoms with E-state index in [1.165, 1.54) is 26.5 Å². The molecule has 0 fully saturated rings. The Morgan fingerprint density at radius 1 is 1.07 bits per heavy atom. The van der Waals surface area contributed by atoms with E-state index in [9.17, 15) is 14.0 Å². The maximum absolute atomic E-state index is 14.7. The van der Waals surface area contributed by atoms with Gasteiger partial charge in [0.05, 0.1) is 38.0 Å². The molecule has 0 radical (unpaired) electrons. The van der Waals surface area contributed by atoms with Crippen LogP contribution in [0.15, 0.2) is 42.1 Å².